The van der Waals surface area contributed by atoms with Crippen molar-refractivity contribution in [3.05, 3.63) is 30.4 Å². The molecule has 162 valence electrons. The van der Waals surface area contributed by atoms with Crippen LogP contribution in [0.15, 0.2) is 18.9 Å². The molecule has 2 atom stereocenters. The SMILES string of the molecule is C=CCOC(=O)N1CC(O[Si](C)(C)C(C)(C)C)CC1Cc1cnc(CC(N)=O)[nH]1. The van der Waals surface area contributed by atoms with E-state index in [0.29, 0.717) is 18.8 Å². The van der Waals surface area contributed by atoms with Crippen LogP contribution in [-0.4, -0.2) is 60.5 Å². The number of aromatic nitrogens is 2. The second-order valence-electron chi connectivity index (χ2n) is 9.11. The van der Waals surface area contributed by atoms with Gasteiger partial charge in [-0.2, -0.15) is 0 Å². The van der Waals surface area contributed by atoms with Crippen LogP contribution in [0.2, 0.25) is 18.1 Å². The van der Waals surface area contributed by atoms with Gasteiger partial charge in [0.05, 0.1) is 12.5 Å². The summed E-state index contributed by atoms with van der Waals surface area (Å²) in [5, 5.41) is 0.0896. The van der Waals surface area contributed by atoms with E-state index < -0.39 is 14.2 Å². The second-order valence-corrected chi connectivity index (χ2v) is 13.9. The summed E-state index contributed by atoms with van der Waals surface area (Å²) >= 11 is 0. The minimum absolute atomic E-state index is 0.0369. The van der Waals surface area contributed by atoms with E-state index in [4.69, 9.17) is 14.9 Å². The summed E-state index contributed by atoms with van der Waals surface area (Å²) in [4.78, 5) is 32.7. The number of aromatic amines is 1. The van der Waals surface area contributed by atoms with Crippen molar-refractivity contribution in [3.8, 4) is 0 Å². The lowest BCUT2D eigenvalue weighted by Crippen LogP contribution is -2.44. The summed E-state index contributed by atoms with van der Waals surface area (Å²) in [5.41, 5.74) is 6.08. The average molecular weight is 423 g/mol. The molecular weight excluding hydrogens is 388 g/mol. The highest BCUT2D eigenvalue weighted by molar-refractivity contribution is 6.74. The lowest BCUT2D eigenvalue weighted by molar-refractivity contribution is -0.117. The third-order valence-electron chi connectivity index (χ3n) is 5.68. The fourth-order valence-electron chi connectivity index (χ4n) is 3.20. The zero-order valence-corrected chi connectivity index (χ0v) is 19.2. The van der Waals surface area contributed by atoms with Gasteiger partial charge in [0.2, 0.25) is 5.91 Å². The molecule has 2 unspecified atom stereocenters. The second kappa shape index (κ2) is 9.13. The molecule has 0 spiro atoms. The van der Waals surface area contributed by atoms with E-state index >= 15 is 0 Å². The van der Waals surface area contributed by atoms with E-state index in [9.17, 15) is 9.59 Å². The molecule has 8 nitrogen and oxygen atoms in total. The molecule has 0 bridgehead atoms. The number of carbonyl (C=O) groups is 2. The molecule has 2 rings (SSSR count). The molecule has 29 heavy (non-hydrogen) atoms. The molecular formula is C20H34N4O4Si. The van der Waals surface area contributed by atoms with Crippen molar-refractivity contribution >= 4 is 20.3 Å². The van der Waals surface area contributed by atoms with Crippen molar-refractivity contribution in [1.29, 1.82) is 0 Å². The van der Waals surface area contributed by atoms with Crippen LogP contribution in [0.3, 0.4) is 0 Å². The summed E-state index contributed by atoms with van der Waals surface area (Å²) in [6.45, 7) is 15.3. The Labute approximate surface area is 174 Å². The Balaban J connectivity index is 2.13. The molecule has 0 aromatic carbocycles. The molecule has 0 saturated carbocycles. The van der Waals surface area contributed by atoms with Crippen LogP contribution in [0.5, 0.6) is 0 Å². The highest BCUT2D eigenvalue weighted by atomic mass is 28.4. The number of amides is 2. The van der Waals surface area contributed by atoms with Crippen molar-refractivity contribution < 1.29 is 18.8 Å². The maximum absolute atomic E-state index is 12.6. The monoisotopic (exact) mass is 422 g/mol. The van der Waals surface area contributed by atoms with Crippen molar-refractivity contribution in [1.82, 2.24) is 14.9 Å². The van der Waals surface area contributed by atoms with Crippen LogP contribution in [0.25, 0.3) is 0 Å². The zero-order valence-electron chi connectivity index (χ0n) is 18.2. The Morgan fingerprint density at radius 3 is 2.72 bits per heavy atom. The van der Waals surface area contributed by atoms with Gasteiger partial charge in [-0.15, -0.1) is 0 Å². The molecule has 2 heterocycles. The maximum atomic E-state index is 12.6. The first-order valence-electron chi connectivity index (χ1n) is 9.96. The number of rotatable bonds is 8. The van der Waals surface area contributed by atoms with Crippen LogP contribution in [0.4, 0.5) is 4.79 Å². The fourth-order valence-corrected chi connectivity index (χ4v) is 4.56. The van der Waals surface area contributed by atoms with Crippen LogP contribution in [0.1, 0.15) is 38.7 Å². The van der Waals surface area contributed by atoms with E-state index in [2.05, 4.69) is 50.4 Å². The summed E-state index contributed by atoms with van der Waals surface area (Å²) in [6, 6.07) is -0.0797. The highest BCUT2D eigenvalue weighted by Crippen LogP contribution is 2.39. The Morgan fingerprint density at radius 2 is 2.14 bits per heavy atom. The topological polar surface area (TPSA) is 111 Å². The molecule has 0 aliphatic carbocycles. The van der Waals surface area contributed by atoms with Gasteiger partial charge in [-0.1, -0.05) is 33.4 Å². The van der Waals surface area contributed by atoms with Gasteiger partial charge in [-0.05, 0) is 24.6 Å². The van der Waals surface area contributed by atoms with Crippen LogP contribution < -0.4 is 5.73 Å². The number of likely N-dealkylation sites (tertiary alicyclic amines) is 1. The number of carbonyl (C=O) groups excluding carboxylic acids is 2. The summed E-state index contributed by atoms with van der Waals surface area (Å²) < 4.78 is 11.8. The standard InChI is InChI=1S/C20H34N4O4Si/c1-7-8-27-19(26)24-13-16(28-29(5,6)20(2,3)4)10-15(24)9-14-12-22-18(23-14)11-17(21)25/h7,12,15-16H,1,8-11,13H2,2-6H3,(H2,21,25)(H,22,23). The minimum Gasteiger partial charge on any atom is -0.445 e. The minimum atomic E-state index is -1.96. The molecule has 1 aliphatic rings. The Bertz CT molecular complexity index is 741. The quantitative estimate of drug-likeness (QED) is 0.494. The van der Waals surface area contributed by atoms with E-state index in [-0.39, 0.29) is 36.3 Å². The third kappa shape index (κ3) is 6.17. The number of nitrogens with zero attached hydrogens (tertiary/aromatic N) is 2. The third-order valence-corrected chi connectivity index (χ3v) is 10.2. The van der Waals surface area contributed by atoms with Gasteiger partial charge in [0.1, 0.15) is 12.4 Å². The van der Waals surface area contributed by atoms with Crippen molar-refractivity contribution in [3.63, 3.8) is 0 Å². The van der Waals surface area contributed by atoms with Gasteiger partial charge in [0.25, 0.3) is 0 Å². The molecule has 1 saturated heterocycles. The number of ether oxygens (including phenoxy) is 1. The van der Waals surface area contributed by atoms with Gasteiger partial charge in [-0.3, -0.25) is 4.79 Å². The van der Waals surface area contributed by atoms with E-state index in [1.807, 2.05) is 0 Å². The van der Waals surface area contributed by atoms with Gasteiger partial charge in [-0.25, -0.2) is 9.78 Å². The maximum Gasteiger partial charge on any atom is 0.410 e. The molecule has 2 amide bonds. The van der Waals surface area contributed by atoms with Crippen molar-refractivity contribution in [2.24, 2.45) is 5.73 Å². The summed E-state index contributed by atoms with van der Waals surface area (Å²) in [5.74, 6) is 0.0876. The van der Waals surface area contributed by atoms with Gasteiger partial charge in [0, 0.05) is 30.9 Å². The normalized spacial score (nSPS) is 20.0. The number of primary amides is 1. The average Bonchev–Trinajstić information content (AvgIpc) is 3.17. The Kier molecular flexibility index (Phi) is 7.28. The Hall–Kier alpha value is -2.13. The predicted molar refractivity (Wildman–Crippen MR) is 114 cm³/mol. The first kappa shape index (κ1) is 23.1. The number of imidazole rings is 1. The molecule has 1 aromatic heterocycles. The van der Waals surface area contributed by atoms with E-state index in [1.165, 1.54) is 0 Å². The number of H-pyrrole nitrogens is 1. The summed E-state index contributed by atoms with van der Waals surface area (Å²) in [6.07, 6.45) is 4.20. The highest BCUT2D eigenvalue weighted by Gasteiger charge is 2.44. The van der Waals surface area contributed by atoms with Crippen LogP contribution in [-0.2, 0) is 26.8 Å². The number of nitrogens with one attached hydrogen (secondary N) is 1. The first-order chi connectivity index (χ1) is 13.4. The zero-order chi connectivity index (χ0) is 21.8. The van der Waals surface area contributed by atoms with Crippen molar-refractivity contribution in [2.45, 2.75) is 70.3 Å². The first-order valence-corrected chi connectivity index (χ1v) is 12.9. The molecule has 0 radical (unpaired) electrons. The molecule has 1 aromatic rings. The Morgan fingerprint density at radius 1 is 1.45 bits per heavy atom. The number of hydrogen-bond acceptors (Lipinski definition) is 5. The molecule has 3 N–H and O–H groups in total. The number of hydrogen-bond donors (Lipinski definition) is 2. The van der Waals surface area contributed by atoms with Crippen LogP contribution in [0, 0.1) is 0 Å². The fraction of sp³-hybridized carbons (Fsp3) is 0.650. The van der Waals surface area contributed by atoms with Crippen molar-refractivity contribution in [2.75, 3.05) is 13.2 Å². The van der Waals surface area contributed by atoms with Crippen LogP contribution >= 0.6 is 0 Å². The van der Waals surface area contributed by atoms with Gasteiger partial charge < -0.3 is 24.8 Å². The molecule has 1 aliphatic heterocycles. The summed E-state index contributed by atoms with van der Waals surface area (Å²) in [7, 11) is -1.96. The van der Waals surface area contributed by atoms with Gasteiger partial charge in [0.15, 0.2) is 8.32 Å². The smallest absolute Gasteiger partial charge is 0.410 e. The molecule has 9 heteroatoms. The molecule has 1 fully saturated rings. The lowest BCUT2D eigenvalue weighted by atomic mass is 10.1. The predicted octanol–water partition coefficient (Wildman–Crippen LogP) is 2.77. The number of nitrogens with two attached hydrogens (primary N) is 1. The van der Waals surface area contributed by atoms with E-state index in [1.54, 1.807) is 17.2 Å². The largest absolute Gasteiger partial charge is 0.445 e. The van der Waals surface area contributed by atoms with E-state index in [0.717, 1.165) is 12.1 Å². The van der Waals surface area contributed by atoms with Gasteiger partial charge >= 0.3 is 6.09 Å². The lowest BCUT2D eigenvalue weighted by Gasteiger charge is -2.38.